The lowest BCUT2D eigenvalue weighted by Gasteiger charge is -2.14. The molecule has 1 aromatic carbocycles. The number of amides is 1. The van der Waals surface area contributed by atoms with Gasteiger partial charge in [-0.05, 0) is 30.0 Å². The van der Waals surface area contributed by atoms with E-state index in [4.69, 9.17) is 5.73 Å². The molecule has 0 saturated carbocycles. The van der Waals surface area contributed by atoms with Gasteiger partial charge in [0, 0.05) is 24.6 Å². The van der Waals surface area contributed by atoms with Gasteiger partial charge in [0.1, 0.15) is 0 Å². The number of anilines is 1. The summed E-state index contributed by atoms with van der Waals surface area (Å²) < 4.78 is 1.98. The van der Waals surface area contributed by atoms with Crippen LogP contribution in [-0.4, -0.2) is 21.5 Å². The predicted molar refractivity (Wildman–Crippen MR) is 83.8 cm³/mol. The maximum Gasteiger partial charge on any atom is 0.241 e. The Morgan fingerprint density at radius 1 is 1.43 bits per heavy atom. The zero-order chi connectivity index (χ0) is 15.2. The van der Waals surface area contributed by atoms with Crippen LogP contribution in [0.2, 0.25) is 0 Å². The third-order valence-corrected chi connectivity index (χ3v) is 3.18. The normalized spacial score (nSPS) is 12.4. The first kappa shape index (κ1) is 15.3. The molecule has 3 N–H and O–H groups in total. The number of nitrogens with two attached hydrogens (primary N) is 1. The molecule has 0 fully saturated rings. The standard InChI is InChI=1S/C16H22N4O/c1-12(2)8-15(17)16(21)19-14-5-3-4-13(9-14)10-20-7-6-18-11-20/h3-7,9,11-12,15H,8,10,17H2,1-2H3,(H,19,21)/t15-/m0/s1. The lowest BCUT2D eigenvalue weighted by Crippen LogP contribution is -2.36. The Morgan fingerprint density at radius 2 is 2.24 bits per heavy atom. The van der Waals surface area contributed by atoms with E-state index in [-0.39, 0.29) is 5.91 Å². The van der Waals surface area contributed by atoms with Crippen LogP contribution in [0.5, 0.6) is 0 Å². The molecule has 0 unspecified atom stereocenters. The van der Waals surface area contributed by atoms with Gasteiger partial charge in [0.25, 0.3) is 0 Å². The average Bonchev–Trinajstić information content (AvgIpc) is 2.91. The molecule has 0 saturated heterocycles. The van der Waals surface area contributed by atoms with Crippen molar-refractivity contribution in [3.05, 3.63) is 48.5 Å². The van der Waals surface area contributed by atoms with E-state index in [0.29, 0.717) is 12.3 Å². The Bertz CT molecular complexity index is 578. The van der Waals surface area contributed by atoms with Gasteiger partial charge in [0.15, 0.2) is 0 Å². The highest BCUT2D eigenvalue weighted by molar-refractivity contribution is 5.94. The van der Waals surface area contributed by atoms with Crippen LogP contribution < -0.4 is 11.1 Å². The van der Waals surface area contributed by atoms with Crippen molar-refractivity contribution in [2.24, 2.45) is 11.7 Å². The van der Waals surface area contributed by atoms with E-state index >= 15 is 0 Å². The van der Waals surface area contributed by atoms with E-state index < -0.39 is 6.04 Å². The van der Waals surface area contributed by atoms with Gasteiger partial charge < -0.3 is 15.6 Å². The first-order valence-electron chi connectivity index (χ1n) is 7.15. The molecule has 112 valence electrons. The highest BCUT2D eigenvalue weighted by Crippen LogP contribution is 2.13. The fourth-order valence-electron chi connectivity index (χ4n) is 2.19. The average molecular weight is 286 g/mol. The van der Waals surface area contributed by atoms with E-state index in [1.807, 2.05) is 35.0 Å². The molecule has 21 heavy (non-hydrogen) atoms. The van der Waals surface area contributed by atoms with Gasteiger partial charge in [-0.2, -0.15) is 0 Å². The fourth-order valence-corrected chi connectivity index (χ4v) is 2.19. The number of carbonyl (C=O) groups excluding carboxylic acids is 1. The minimum Gasteiger partial charge on any atom is -0.333 e. The molecule has 2 rings (SSSR count). The largest absolute Gasteiger partial charge is 0.333 e. The number of nitrogens with zero attached hydrogens (tertiary/aromatic N) is 2. The van der Waals surface area contributed by atoms with E-state index in [1.54, 1.807) is 12.5 Å². The Kier molecular flexibility index (Phi) is 5.11. The zero-order valence-corrected chi connectivity index (χ0v) is 12.5. The van der Waals surface area contributed by atoms with Crippen LogP contribution in [0.1, 0.15) is 25.8 Å². The highest BCUT2D eigenvalue weighted by Gasteiger charge is 2.15. The molecule has 1 atom stereocenters. The summed E-state index contributed by atoms with van der Waals surface area (Å²) in [5, 5.41) is 2.88. The van der Waals surface area contributed by atoms with Gasteiger partial charge in [-0.3, -0.25) is 4.79 Å². The monoisotopic (exact) mass is 286 g/mol. The van der Waals surface area contributed by atoms with Crippen molar-refractivity contribution in [2.75, 3.05) is 5.32 Å². The number of nitrogens with one attached hydrogen (secondary N) is 1. The van der Waals surface area contributed by atoms with E-state index in [0.717, 1.165) is 17.8 Å². The van der Waals surface area contributed by atoms with Crippen molar-refractivity contribution in [3.8, 4) is 0 Å². The van der Waals surface area contributed by atoms with Crippen LogP contribution in [-0.2, 0) is 11.3 Å². The first-order chi connectivity index (χ1) is 10.0. The molecule has 0 bridgehead atoms. The van der Waals surface area contributed by atoms with Crippen molar-refractivity contribution >= 4 is 11.6 Å². The second-order valence-corrected chi connectivity index (χ2v) is 5.66. The molecular weight excluding hydrogens is 264 g/mol. The summed E-state index contributed by atoms with van der Waals surface area (Å²) in [6.07, 6.45) is 6.10. The summed E-state index contributed by atoms with van der Waals surface area (Å²) in [7, 11) is 0. The van der Waals surface area contributed by atoms with Crippen LogP contribution in [0.4, 0.5) is 5.69 Å². The van der Waals surface area contributed by atoms with E-state index in [9.17, 15) is 4.79 Å². The Labute approximate surface area is 125 Å². The van der Waals surface area contributed by atoms with Gasteiger partial charge in [-0.25, -0.2) is 4.98 Å². The Morgan fingerprint density at radius 3 is 2.90 bits per heavy atom. The number of hydrogen-bond acceptors (Lipinski definition) is 3. The van der Waals surface area contributed by atoms with Crippen molar-refractivity contribution in [1.82, 2.24) is 9.55 Å². The maximum atomic E-state index is 12.0. The smallest absolute Gasteiger partial charge is 0.241 e. The number of imidazole rings is 1. The number of carbonyl (C=O) groups is 1. The first-order valence-corrected chi connectivity index (χ1v) is 7.15. The summed E-state index contributed by atoms with van der Waals surface area (Å²) in [5.74, 6) is 0.266. The number of benzene rings is 1. The minimum absolute atomic E-state index is 0.136. The molecule has 0 aliphatic carbocycles. The van der Waals surface area contributed by atoms with Crippen LogP contribution >= 0.6 is 0 Å². The molecular formula is C16H22N4O. The van der Waals surface area contributed by atoms with Gasteiger partial charge in [-0.1, -0.05) is 26.0 Å². The Hall–Kier alpha value is -2.14. The van der Waals surface area contributed by atoms with Gasteiger partial charge in [-0.15, -0.1) is 0 Å². The van der Waals surface area contributed by atoms with Crippen molar-refractivity contribution < 1.29 is 4.79 Å². The molecule has 5 nitrogen and oxygen atoms in total. The van der Waals surface area contributed by atoms with E-state index in [1.165, 1.54) is 0 Å². The molecule has 0 radical (unpaired) electrons. The molecule has 1 amide bonds. The zero-order valence-electron chi connectivity index (χ0n) is 12.5. The number of aromatic nitrogens is 2. The molecule has 2 aromatic rings. The Balaban J connectivity index is 1.99. The minimum atomic E-state index is -0.470. The van der Waals surface area contributed by atoms with Crippen LogP contribution in [0.25, 0.3) is 0 Å². The fraction of sp³-hybridized carbons (Fsp3) is 0.375. The topological polar surface area (TPSA) is 72.9 Å². The second kappa shape index (κ2) is 7.04. The van der Waals surface area contributed by atoms with E-state index in [2.05, 4.69) is 24.1 Å². The molecule has 5 heteroatoms. The quantitative estimate of drug-likeness (QED) is 0.855. The molecule has 0 aliphatic heterocycles. The molecule has 0 spiro atoms. The maximum absolute atomic E-state index is 12.0. The predicted octanol–water partition coefficient (Wildman–Crippen LogP) is 2.24. The van der Waals surface area contributed by atoms with Crippen molar-refractivity contribution in [3.63, 3.8) is 0 Å². The van der Waals surface area contributed by atoms with Crippen LogP contribution in [0.15, 0.2) is 43.0 Å². The van der Waals surface area contributed by atoms with Gasteiger partial charge in [0.2, 0.25) is 5.91 Å². The molecule has 1 aromatic heterocycles. The number of hydrogen-bond donors (Lipinski definition) is 2. The van der Waals surface area contributed by atoms with Crippen molar-refractivity contribution in [1.29, 1.82) is 0 Å². The highest BCUT2D eigenvalue weighted by atomic mass is 16.2. The molecule has 0 aliphatic rings. The lowest BCUT2D eigenvalue weighted by atomic mass is 10.0. The summed E-state index contributed by atoms with van der Waals surface area (Å²) in [6.45, 7) is 4.83. The summed E-state index contributed by atoms with van der Waals surface area (Å²) in [5.41, 5.74) is 7.76. The SMILES string of the molecule is CC(C)C[C@H](N)C(=O)Nc1cccc(Cn2ccnc2)c1. The summed E-state index contributed by atoms with van der Waals surface area (Å²) in [4.78, 5) is 16.0. The summed E-state index contributed by atoms with van der Waals surface area (Å²) in [6, 6.07) is 7.30. The lowest BCUT2D eigenvalue weighted by molar-refractivity contribution is -0.117. The third kappa shape index (κ3) is 4.72. The van der Waals surface area contributed by atoms with Crippen LogP contribution in [0.3, 0.4) is 0 Å². The number of rotatable bonds is 6. The van der Waals surface area contributed by atoms with Crippen LogP contribution in [0, 0.1) is 5.92 Å². The van der Waals surface area contributed by atoms with Crippen molar-refractivity contribution in [2.45, 2.75) is 32.9 Å². The second-order valence-electron chi connectivity index (χ2n) is 5.66. The van der Waals surface area contributed by atoms with Gasteiger partial charge >= 0.3 is 0 Å². The molecule has 1 heterocycles. The third-order valence-electron chi connectivity index (χ3n) is 3.18. The summed E-state index contributed by atoms with van der Waals surface area (Å²) >= 11 is 0. The van der Waals surface area contributed by atoms with Gasteiger partial charge in [0.05, 0.1) is 12.4 Å².